The Morgan fingerprint density at radius 2 is 1.89 bits per heavy atom. The Bertz CT molecular complexity index is 952. The van der Waals surface area contributed by atoms with E-state index in [0.29, 0.717) is 5.56 Å². The molecule has 7 heteroatoms. The Morgan fingerprint density at radius 1 is 1.04 bits per heavy atom. The van der Waals surface area contributed by atoms with Crippen molar-refractivity contribution < 1.29 is 9.59 Å². The summed E-state index contributed by atoms with van der Waals surface area (Å²) in [6.45, 7) is 0. The number of carbonyl (C=O) groups excluding carboxylic acids is 2. The topological polar surface area (TPSA) is 83.4 Å². The minimum absolute atomic E-state index is 0.106. The highest BCUT2D eigenvalue weighted by molar-refractivity contribution is 7.10. The van der Waals surface area contributed by atoms with Crippen LogP contribution in [0.1, 0.15) is 20.8 Å². The number of amides is 2. The smallest absolute Gasteiger partial charge is 0.287 e. The van der Waals surface area contributed by atoms with Crippen molar-refractivity contribution in [2.45, 2.75) is 0 Å². The maximum absolute atomic E-state index is 12.5. The Labute approximate surface area is 160 Å². The first-order valence-electron chi connectivity index (χ1n) is 8.07. The van der Waals surface area contributed by atoms with E-state index < -0.39 is 5.91 Å². The second kappa shape index (κ2) is 9.21. The largest absolute Gasteiger partial charge is 0.317 e. The lowest BCUT2D eigenvalue weighted by Crippen LogP contribution is -2.32. The molecule has 0 unspecified atom stereocenters. The second-order valence-corrected chi connectivity index (χ2v) is 6.36. The predicted molar refractivity (Wildman–Crippen MR) is 106 cm³/mol. The number of aromatic nitrogens is 1. The quantitative estimate of drug-likeness (QED) is 0.394. The molecule has 3 rings (SSSR count). The molecule has 0 saturated heterocycles. The standard InChI is InChI=1S/C20H16N4O2S/c25-19(16-7-2-1-3-8-16)23-18(12-17-9-5-11-27-17)20(26)24-22-14-15-6-4-10-21-13-15/h1-14H,(H,23,25)(H,24,26)/b18-12-,22-14-. The van der Waals surface area contributed by atoms with Gasteiger partial charge in [-0.25, -0.2) is 5.43 Å². The lowest BCUT2D eigenvalue weighted by molar-refractivity contribution is -0.117. The monoisotopic (exact) mass is 376 g/mol. The van der Waals surface area contributed by atoms with Crippen LogP contribution in [0.3, 0.4) is 0 Å². The Balaban J connectivity index is 1.74. The van der Waals surface area contributed by atoms with Gasteiger partial charge in [-0.05, 0) is 35.7 Å². The van der Waals surface area contributed by atoms with Gasteiger partial charge in [-0.2, -0.15) is 5.10 Å². The van der Waals surface area contributed by atoms with Crippen LogP contribution in [0.2, 0.25) is 0 Å². The third kappa shape index (κ3) is 5.45. The number of carbonyl (C=O) groups is 2. The van der Waals surface area contributed by atoms with Gasteiger partial charge < -0.3 is 5.32 Å². The summed E-state index contributed by atoms with van der Waals surface area (Å²) in [6.07, 6.45) is 6.36. The van der Waals surface area contributed by atoms with E-state index in [1.54, 1.807) is 48.8 Å². The van der Waals surface area contributed by atoms with Crippen LogP contribution >= 0.6 is 11.3 Å². The summed E-state index contributed by atoms with van der Waals surface area (Å²) in [5, 5.41) is 8.46. The van der Waals surface area contributed by atoms with Crippen molar-refractivity contribution in [1.82, 2.24) is 15.7 Å². The van der Waals surface area contributed by atoms with E-state index in [1.165, 1.54) is 17.6 Å². The fraction of sp³-hybridized carbons (Fsp3) is 0. The number of hydrogen-bond donors (Lipinski definition) is 2. The summed E-state index contributed by atoms with van der Waals surface area (Å²) >= 11 is 1.46. The van der Waals surface area contributed by atoms with Crippen molar-refractivity contribution in [2.75, 3.05) is 0 Å². The number of hydrogen-bond acceptors (Lipinski definition) is 5. The van der Waals surface area contributed by atoms with E-state index in [-0.39, 0.29) is 11.6 Å². The van der Waals surface area contributed by atoms with Crippen LogP contribution < -0.4 is 10.7 Å². The molecule has 2 amide bonds. The van der Waals surface area contributed by atoms with Crippen molar-refractivity contribution in [2.24, 2.45) is 5.10 Å². The highest BCUT2D eigenvalue weighted by Gasteiger charge is 2.14. The number of benzene rings is 1. The average molecular weight is 376 g/mol. The third-order valence-corrected chi connectivity index (χ3v) is 4.24. The van der Waals surface area contributed by atoms with E-state index in [2.05, 4.69) is 20.8 Å². The van der Waals surface area contributed by atoms with Gasteiger partial charge in [0, 0.05) is 28.4 Å². The highest BCUT2D eigenvalue weighted by Crippen LogP contribution is 2.13. The van der Waals surface area contributed by atoms with Crippen LogP contribution in [-0.4, -0.2) is 23.0 Å². The third-order valence-electron chi connectivity index (χ3n) is 3.42. The molecule has 0 radical (unpaired) electrons. The molecule has 3 aromatic rings. The molecule has 134 valence electrons. The molecule has 2 aromatic heterocycles. The molecule has 0 aliphatic heterocycles. The fourth-order valence-corrected chi connectivity index (χ4v) is 2.79. The van der Waals surface area contributed by atoms with Crippen molar-refractivity contribution in [1.29, 1.82) is 0 Å². The number of nitrogens with one attached hydrogen (secondary N) is 2. The van der Waals surface area contributed by atoms with Gasteiger partial charge >= 0.3 is 0 Å². The average Bonchev–Trinajstić information content (AvgIpc) is 3.22. The lowest BCUT2D eigenvalue weighted by Gasteiger charge is -2.08. The van der Waals surface area contributed by atoms with Gasteiger partial charge in [-0.3, -0.25) is 14.6 Å². The van der Waals surface area contributed by atoms with E-state index in [4.69, 9.17) is 0 Å². The normalized spacial score (nSPS) is 11.3. The first-order chi connectivity index (χ1) is 13.2. The second-order valence-electron chi connectivity index (χ2n) is 5.38. The van der Waals surface area contributed by atoms with E-state index >= 15 is 0 Å². The summed E-state index contributed by atoms with van der Waals surface area (Å²) < 4.78 is 0. The molecule has 0 fully saturated rings. The van der Waals surface area contributed by atoms with Gasteiger partial charge in [0.1, 0.15) is 5.70 Å². The van der Waals surface area contributed by atoms with Gasteiger partial charge in [-0.15, -0.1) is 11.3 Å². The van der Waals surface area contributed by atoms with Gasteiger partial charge in [0.25, 0.3) is 11.8 Å². The van der Waals surface area contributed by atoms with Gasteiger partial charge in [0.15, 0.2) is 0 Å². The summed E-state index contributed by atoms with van der Waals surface area (Å²) in [4.78, 5) is 29.7. The zero-order valence-corrected chi connectivity index (χ0v) is 15.0. The van der Waals surface area contributed by atoms with Crippen LogP contribution in [0.5, 0.6) is 0 Å². The van der Waals surface area contributed by atoms with Crippen LogP contribution in [0.4, 0.5) is 0 Å². The number of rotatable bonds is 6. The van der Waals surface area contributed by atoms with Crippen molar-refractivity contribution in [3.05, 3.63) is 94.1 Å². The Kier molecular flexibility index (Phi) is 6.21. The molecule has 0 atom stereocenters. The Hall–Kier alpha value is -3.58. The van der Waals surface area contributed by atoms with Crippen molar-refractivity contribution >= 4 is 35.4 Å². The van der Waals surface area contributed by atoms with Gasteiger partial charge in [0.05, 0.1) is 6.21 Å². The van der Waals surface area contributed by atoms with Crippen molar-refractivity contribution in [3.8, 4) is 0 Å². The molecule has 0 aliphatic carbocycles. The molecular formula is C20H16N4O2S. The molecule has 27 heavy (non-hydrogen) atoms. The zero-order valence-electron chi connectivity index (χ0n) is 14.2. The Morgan fingerprint density at radius 3 is 2.59 bits per heavy atom. The minimum atomic E-state index is -0.521. The maximum atomic E-state index is 12.5. The van der Waals surface area contributed by atoms with E-state index in [0.717, 1.165) is 10.4 Å². The van der Waals surface area contributed by atoms with Crippen LogP contribution in [-0.2, 0) is 4.79 Å². The first-order valence-corrected chi connectivity index (χ1v) is 8.95. The van der Waals surface area contributed by atoms with E-state index in [9.17, 15) is 9.59 Å². The summed E-state index contributed by atoms with van der Waals surface area (Å²) in [6, 6.07) is 16.0. The van der Waals surface area contributed by atoms with E-state index in [1.807, 2.05) is 29.6 Å². The summed E-state index contributed by atoms with van der Waals surface area (Å²) in [5.74, 6) is -0.891. The van der Waals surface area contributed by atoms with Gasteiger partial charge in [0.2, 0.25) is 0 Å². The fourth-order valence-electron chi connectivity index (χ4n) is 2.14. The zero-order chi connectivity index (χ0) is 18.9. The molecule has 0 saturated carbocycles. The first kappa shape index (κ1) is 18.2. The minimum Gasteiger partial charge on any atom is -0.317 e. The maximum Gasteiger partial charge on any atom is 0.287 e. The molecule has 0 aliphatic rings. The molecular weight excluding hydrogens is 360 g/mol. The number of hydrazone groups is 1. The summed E-state index contributed by atoms with van der Waals surface area (Å²) in [7, 11) is 0. The SMILES string of the molecule is O=C(N/N=C\c1cccnc1)/C(=C/c1cccs1)NC(=O)c1ccccc1. The number of pyridine rings is 1. The number of nitrogens with zero attached hydrogens (tertiary/aromatic N) is 2. The summed E-state index contributed by atoms with van der Waals surface area (Å²) in [5.41, 5.74) is 3.74. The number of thiophene rings is 1. The molecule has 6 nitrogen and oxygen atoms in total. The molecule has 0 bridgehead atoms. The molecule has 1 aromatic carbocycles. The highest BCUT2D eigenvalue weighted by atomic mass is 32.1. The van der Waals surface area contributed by atoms with Crippen molar-refractivity contribution in [3.63, 3.8) is 0 Å². The lowest BCUT2D eigenvalue weighted by atomic mass is 10.2. The molecule has 2 heterocycles. The predicted octanol–water partition coefficient (Wildman–Crippen LogP) is 3.06. The molecule has 0 spiro atoms. The van der Waals surface area contributed by atoms with Gasteiger partial charge in [-0.1, -0.05) is 30.3 Å². The van der Waals surface area contributed by atoms with Crippen LogP contribution in [0, 0.1) is 0 Å². The van der Waals surface area contributed by atoms with Crippen LogP contribution in [0.25, 0.3) is 6.08 Å². The molecule has 2 N–H and O–H groups in total. The van der Waals surface area contributed by atoms with Crippen LogP contribution in [0.15, 0.2) is 83.2 Å².